The Hall–Kier alpha value is -0.810. The van der Waals surface area contributed by atoms with Gasteiger partial charge in [-0.3, -0.25) is 4.79 Å². The molecule has 6 heteroatoms. The molecule has 0 aromatic carbocycles. The van der Waals surface area contributed by atoms with E-state index in [-0.39, 0.29) is 5.75 Å². The van der Waals surface area contributed by atoms with E-state index in [1.165, 1.54) is 12.3 Å². The molecule has 0 unspecified atom stereocenters. The summed E-state index contributed by atoms with van der Waals surface area (Å²) in [5.74, 6) is -0.955. The van der Waals surface area contributed by atoms with Crippen molar-refractivity contribution in [2.45, 2.75) is 5.16 Å². The van der Waals surface area contributed by atoms with E-state index in [9.17, 15) is 4.79 Å². The number of hydrogen-bond donors (Lipinski definition) is 1. The molecule has 0 saturated carbocycles. The fraction of sp³-hybridized carbons (Fsp3) is 0.167. The molecule has 1 N–H and O–H groups in total. The van der Waals surface area contributed by atoms with Crippen LogP contribution in [0.2, 0.25) is 5.15 Å². The molecule has 0 radical (unpaired) electrons. The van der Waals surface area contributed by atoms with Gasteiger partial charge in [0.25, 0.3) is 0 Å². The van der Waals surface area contributed by atoms with Crippen LogP contribution in [0, 0.1) is 0 Å². The summed E-state index contributed by atoms with van der Waals surface area (Å²) in [5, 5.41) is 9.03. The maximum Gasteiger partial charge on any atom is 0.313 e. The second-order valence-corrected chi connectivity index (χ2v) is 3.17. The summed E-state index contributed by atoms with van der Waals surface area (Å²) >= 11 is 6.58. The van der Waals surface area contributed by atoms with Gasteiger partial charge < -0.3 is 5.11 Å². The lowest BCUT2D eigenvalue weighted by atomic mass is 10.7. The lowest BCUT2D eigenvalue weighted by Gasteiger charge is -1.95. The first-order valence-corrected chi connectivity index (χ1v) is 4.38. The Bertz CT molecular complexity index is 295. The van der Waals surface area contributed by atoms with E-state index in [2.05, 4.69) is 9.97 Å². The highest BCUT2D eigenvalue weighted by molar-refractivity contribution is 7.99. The molecule has 0 bridgehead atoms. The van der Waals surface area contributed by atoms with Crippen LogP contribution in [0.1, 0.15) is 0 Å². The summed E-state index contributed by atoms with van der Waals surface area (Å²) in [5.41, 5.74) is 0. The SMILES string of the molecule is O=C(O)CSc1nccc(Cl)n1. The first-order valence-electron chi connectivity index (χ1n) is 3.01. The largest absolute Gasteiger partial charge is 0.481 e. The molecule has 1 heterocycles. The molecule has 64 valence electrons. The number of nitrogens with zero attached hydrogens (tertiary/aromatic N) is 2. The van der Waals surface area contributed by atoms with Gasteiger partial charge in [0, 0.05) is 6.20 Å². The van der Waals surface area contributed by atoms with Gasteiger partial charge in [0.2, 0.25) is 0 Å². The first kappa shape index (κ1) is 9.28. The summed E-state index contributed by atoms with van der Waals surface area (Å²) in [7, 11) is 0. The molecule has 1 aromatic heterocycles. The zero-order valence-corrected chi connectivity index (χ0v) is 7.47. The number of carboxylic acids is 1. The number of aliphatic carboxylic acids is 1. The Kier molecular flexibility index (Phi) is 3.31. The van der Waals surface area contributed by atoms with Gasteiger partial charge in [0.05, 0.1) is 5.75 Å². The van der Waals surface area contributed by atoms with Crippen molar-refractivity contribution in [3.05, 3.63) is 17.4 Å². The van der Waals surface area contributed by atoms with Crippen LogP contribution in [0.3, 0.4) is 0 Å². The molecule has 0 fully saturated rings. The summed E-state index contributed by atoms with van der Waals surface area (Å²) in [6, 6.07) is 1.53. The summed E-state index contributed by atoms with van der Waals surface area (Å²) in [4.78, 5) is 17.8. The summed E-state index contributed by atoms with van der Waals surface area (Å²) in [6.45, 7) is 0. The van der Waals surface area contributed by atoms with E-state index in [1.807, 2.05) is 0 Å². The van der Waals surface area contributed by atoms with Crippen LogP contribution in [-0.2, 0) is 4.79 Å². The first-order chi connectivity index (χ1) is 5.68. The van der Waals surface area contributed by atoms with Crippen LogP contribution in [-0.4, -0.2) is 26.8 Å². The number of carbonyl (C=O) groups is 1. The Morgan fingerprint density at radius 1 is 1.75 bits per heavy atom. The van der Waals surface area contributed by atoms with Crippen molar-refractivity contribution >= 4 is 29.3 Å². The fourth-order valence-electron chi connectivity index (χ4n) is 0.516. The average molecular weight is 205 g/mol. The zero-order chi connectivity index (χ0) is 8.97. The average Bonchev–Trinajstić information content (AvgIpc) is 2.01. The van der Waals surface area contributed by atoms with Crippen molar-refractivity contribution < 1.29 is 9.90 Å². The molecule has 0 spiro atoms. The highest BCUT2D eigenvalue weighted by atomic mass is 35.5. The van der Waals surface area contributed by atoms with E-state index < -0.39 is 5.97 Å². The molecule has 12 heavy (non-hydrogen) atoms. The van der Waals surface area contributed by atoms with Crippen molar-refractivity contribution in [2.24, 2.45) is 0 Å². The second-order valence-electron chi connectivity index (χ2n) is 1.84. The predicted octanol–water partition coefficient (Wildman–Crippen LogP) is 1.31. The number of rotatable bonds is 3. The lowest BCUT2D eigenvalue weighted by Crippen LogP contribution is -1.98. The third kappa shape index (κ3) is 3.06. The molecule has 0 aliphatic heterocycles. The van der Waals surface area contributed by atoms with Crippen molar-refractivity contribution in [3.63, 3.8) is 0 Å². The van der Waals surface area contributed by atoms with Gasteiger partial charge in [-0.1, -0.05) is 23.4 Å². The van der Waals surface area contributed by atoms with E-state index in [1.54, 1.807) is 0 Å². The maximum atomic E-state index is 10.1. The smallest absolute Gasteiger partial charge is 0.313 e. The molecule has 4 nitrogen and oxygen atoms in total. The van der Waals surface area contributed by atoms with Gasteiger partial charge in [-0.25, -0.2) is 9.97 Å². The highest BCUT2D eigenvalue weighted by Crippen LogP contribution is 2.13. The third-order valence-corrected chi connectivity index (χ3v) is 1.98. The zero-order valence-electron chi connectivity index (χ0n) is 5.90. The van der Waals surface area contributed by atoms with E-state index in [0.29, 0.717) is 10.3 Å². The number of thioether (sulfide) groups is 1. The monoisotopic (exact) mass is 204 g/mol. The van der Waals surface area contributed by atoms with Crippen LogP contribution in [0.5, 0.6) is 0 Å². The van der Waals surface area contributed by atoms with Gasteiger partial charge in [0.15, 0.2) is 5.16 Å². The second kappa shape index (κ2) is 4.27. The van der Waals surface area contributed by atoms with Crippen molar-refractivity contribution in [1.29, 1.82) is 0 Å². The van der Waals surface area contributed by atoms with Crippen LogP contribution >= 0.6 is 23.4 Å². The quantitative estimate of drug-likeness (QED) is 0.457. The highest BCUT2D eigenvalue weighted by Gasteiger charge is 2.01. The maximum absolute atomic E-state index is 10.1. The van der Waals surface area contributed by atoms with E-state index in [0.717, 1.165) is 11.8 Å². The Morgan fingerprint density at radius 2 is 2.50 bits per heavy atom. The molecular formula is C6H5ClN2O2S. The number of halogens is 1. The molecule has 1 aromatic rings. The van der Waals surface area contributed by atoms with Crippen LogP contribution in [0.15, 0.2) is 17.4 Å². The Balaban J connectivity index is 2.57. The van der Waals surface area contributed by atoms with E-state index >= 15 is 0 Å². The molecule has 0 atom stereocenters. The van der Waals surface area contributed by atoms with Crippen molar-refractivity contribution in [3.8, 4) is 0 Å². The predicted molar refractivity (Wildman–Crippen MR) is 45.4 cm³/mol. The van der Waals surface area contributed by atoms with Crippen LogP contribution in [0.25, 0.3) is 0 Å². The standard InChI is InChI=1S/C6H5ClN2O2S/c7-4-1-2-8-6(9-4)12-3-5(10)11/h1-2H,3H2,(H,10,11). The van der Waals surface area contributed by atoms with Gasteiger partial charge in [-0.05, 0) is 6.07 Å². The van der Waals surface area contributed by atoms with Gasteiger partial charge in [-0.15, -0.1) is 0 Å². The minimum absolute atomic E-state index is 0.0552. The lowest BCUT2D eigenvalue weighted by molar-refractivity contribution is -0.133. The topological polar surface area (TPSA) is 63.1 Å². The Labute approximate surface area is 78.0 Å². The van der Waals surface area contributed by atoms with Crippen LogP contribution in [0.4, 0.5) is 0 Å². The van der Waals surface area contributed by atoms with Gasteiger partial charge in [-0.2, -0.15) is 0 Å². The molecule has 0 saturated heterocycles. The van der Waals surface area contributed by atoms with E-state index in [4.69, 9.17) is 16.7 Å². The number of carboxylic acid groups (broad SMARTS) is 1. The summed E-state index contributed by atoms with van der Waals surface area (Å²) in [6.07, 6.45) is 1.49. The number of aromatic nitrogens is 2. The Morgan fingerprint density at radius 3 is 3.08 bits per heavy atom. The molecular weight excluding hydrogens is 200 g/mol. The van der Waals surface area contributed by atoms with Gasteiger partial charge in [0.1, 0.15) is 5.15 Å². The normalized spacial score (nSPS) is 9.75. The fourth-order valence-corrected chi connectivity index (χ4v) is 1.25. The van der Waals surface area contributed by atoms with Crippen molar-refractivity contribution in [1.82, 2.24) is 9.97 Å². The summed E-state index contributed by atoms with van der Waals surface area (Å²) < 4.78 is 0. The number of hydrogen-bond acceptors (Lipinski definition) is 4. The van der Waals surface area contributed by atoms with Crippen LogP contribution < -0.4 is 0 Å². The third-order valence-electron chi connectivity index (χ3n) is 0.924. The molecule has 0 aliphatic carbocycles. The van der Waals surface area contributed by atoms with Crippen molar-refractivity contribution in [2.75, 3.05) is 5.75 Å². The molecule has 0 aliphatic rings. The minimum atomic E-state index is -0.899. The van der Waals surface area contributed by atoms with Gasteiger partial charge >= 0.3 is 5.97 Å². The molecule has 1 rings (SSSR count). The minimum Gasteiger partial charge on any atom is -0.481 e. The molecule has 0 amide bonds.